The van der Waals surface area contributed by atoms with E-state index in [0.29, 0.717) is 30.4 Å². The summed E-state index contributed by atoms with van der Waals surface area (Å²) in [5.74, 6) is 2.16. The molecule has 0 atom stereocenters. The van der Waals surface area contributed by atoms with E-state index in [9.17, 15) is 4.79 Å². The molecule has 0 radical (unpaired) electrons. The molecule has 4 rings (SSSR count). The van der Waals surface area contributed by atoms with Crippen molar-refractivity contribution >= 4 is 29.2 Å². The second-order valence-corrected chi connectivity index (χ2v) is 8.94. The minimum Gasteiger partial charge on any atom is -0.494 e. The number of nitrogens with zero attached hydrogens (tertiary/aromatic N) is 3. The van der Waals surface area contributed by atoms with Gasteiger partial charge in [0.1, 0.15) is 16.5 Å². The lowest BCUT2D eigenvalue weighted by Crippen LogP contribution is -2.39. The Morgan fingerprint density at radius 3 is 2.50 bits per heavy atom. The third kappa shape index (κ3) is 5.99. The van der Waals surface area contributed by atoms with Gasteiger partial charge in [0.25, 0.3) is 0 Å². The molecule has 1 aliphatic rings. The Kier molecular flexibility index (Phi) is 8.25. The predicted octanol–water partition coefficient (Wildman–Crippen LogP) is 5.28. The maximum absolute atomic E-state index is 13.1. The van der Waals surface area contributed by atoms with Gasteiger partial charge in [0.2, 0.25) is 5.91 Å². The summed E-state index contributed by atoms with van der Waals surface area (Å²) in [7, 11) is 0. The fraction of sp³-hybridized carbons (Fsp3) is 0.346. The van der Waals surface area contributed by atoms with Gasteiger partial charge in [-0.15, -0.1) is 0 Å². The van der Waals surface area contributed by atoms with Crippen molar-refractivity contribution in [1.82, 2.24) is 9.97 Å². The highest BCUT2D eigenvalue weighted by Gasteiger charge is 2.28. The molecule has 1 saturated heterocycles. The van der Waals surface area contributed by atoms with Crippen LogP contribution in [-0.2, 0) is 4.79 Å². The summed E-state index contributed by atoms with van der Waals surface area (Å²) in [6.45, 7) is 6.44. The Labute approximate surface area is 204 Å². The summed E-state index contributed by atoms with van der Waals surface area (Å²) < 4.78 is 11.3. The van der Waals surface area contributed by atoms with Crippen molar-refractivity contribution in [3.05, 3.63) is 60.9 Å². The molecule has 8 heteroatoms. The Hall–Kier alpha value is -3.26. The summed E-state index contributed by atoms with van der Waals surface area (Å²) in [6.07, 6.45) is 4.94. The number of rotatable bonds is 9. The van der Waals surface area contributed by atoms with Crippen molar-refractivity contribution in [1.29, 1.82) is 0 Å². The molecule has 0 bridgehead atoms. The van der Waals surface area contributed by atoms with Crippen LogP contribution in [0.15, 0.2) is 70.8 Å². The van der Waals surface area contributed by atoms with E-state index in [-0.39, 0.29) is 11.8 Å². The second kappa shape index (κ2) is 11.7. The minimum absolute atomic E-state index is 0.00674. The Bertz CT molecular complexity index is 1090. The van der Waals surface area contributed by atoms with E-state index in [1.54, 1.807) is 24.2 Å². The lowest BCUT2D eigenvalue weighted by molar-refractivity contribution is -0.120. The van der Waals surface area contributed by atoms with Crippen LogP contribution in [0.4, 0.5) is 11.5 Å². The zero-order valence-electron chi connectivity index (χ0n) is 19.6. The van der Waals surface area contributed by atoms with Crippen LogP contribution in [0.1, 0.15) is 26.7 Å². The van der Waals surface area contributed by atoms with Crippen LogP contribution in [0.3, 0.4) is 0 Å². The van der Waals surface area contributed by atoms with Gasteiger partial charge in [-0.2, -0.15) is 0 Å². The fourth-order valence-corrected chi connectivity index (χ4v) is 4.84. The van der Waals surface area contributed by atoms with Gasteiger partial charge in [-0.1, -0.05) is 30.0 Å². The number of carbonyl (C=O) groups is 1. The lowest BCUT2D eigenvalue weighted by atomic mass is 9.96. The monoisotopic (exact) mass is 478 g/mol. The number of nitrogens with one attached hydrogen (secondary N) is 1. The number of ether oxygens (including phenoxy) is 2. The molecule has 0 saturated carbocycles. The van der Waals surface area contributed by atoms with E-state index in [0.717, 1.165) is 41.7 Å². The molecule has 178 valence electrons. The highest BCUT2D eigenvalue weighted by atomic mass is 32.2. The number of benzene rings is 2. The van der Waals surface area contributed by atoms with Gasteiger partial charge in [0.15, 0.2) is 5.82 Å². The van der Waals surface area contributed by atoms with E-state index >= 15 is 0 Å². The highest BCUT2D eigenvalue weighted by Crippen LogP contribution is 2.35. The van der Waals surface area contributed by atoms with Crippen molar-refractivity contribution in [2.24, 2.45) is 5.92 Å². The minimum atomic E-state index is -0.0802. The molecule has 2 heterocycles. The van der Waals surface area contributed by atoms with E-state index < -0.39 is 0 Å². The van der Waals surface area contributed by atoms with Crippen molar-refractivity contribution in [2.45, 2.75) is 36.6 Å². The molecule has 34 heavy (non-hydrogen) atoms. The van der Waals surface area contributed by atoms with E-state index in [1.807, 2.05) is 50.2 Å². The molecule has 0 unspecified atom stereocenters. The zero-order valence-corrected chi connectivity index (χ0v) is 20.4. The van der Waals surface area contributed by atoms with E-state index in [4.69, 9.17) is 9.47 Å². The first-order valence-electron chi connectivity index (χ1n) is 11.7. The molecule has 1 amide bonds. The van der Waals surface area contributed by atoms with Crippen LogP contribution in [0, 0.1) is 5.92 Å². The van der Waals surface area contributed by atoms with Gasteiger partial charge in [0, 0.05) is 42.4 Å². The number of hydrogen-bond acceptors (Lipinski definition) is 7. The van der Waals surface area contributed by atoms with Crippen LogP contribution in [0.2, 0.25) is 0 Å². The molecule has 0 aliphatic carbocycles. The first-order valence-corrected chi connectivity index (χ1v) is 12.5. The van der Waals surface area contributed by atoms with Crippen LogP contribution in [0.5, 0.6) is 11.5 Å². The predicted molar refractivity (Wildman–Crippen MR) is 135 cm³/mol. The maximum Gasteiger partial charge on any atom is 0.227 e. The second-order valence-electron chi connectivity index (χ2n) is 7.87. The quantitative estimate of drug-likeness (QED) is 0.448. The third-order valence-corrected chi connectivity index (χ3v) is 6.58. The number of amides is 1. The molecule has 2 aromatic carbocycles. The smallest absolute Gasteiger partial charge is 0.227 e. The average Bonchev–Trinajstić information content (AvgIpc) is 2.87. The van der Waals surface area contributed by atoms with Gasteiger partial charge in [-0.05, 0) is 51.0 Å². The molecule has 1 fully saturated rings. The zero-order chi connectivity index (χ0) is 23.8. The molecule has 3 aromatic rings. The number of hydrogen-bond donors (Lipinski definition) is 1. The van der Waals surface area contributed by atoms with Crippen LogP contribution in [-0.4, -0.2) is 42.2 Å². The van der Waals surface area contributed by atoms with Gasteiger partial charge >= 0.3 is 0 Å². The molecule has 1 aromatic heterocycles. The van der Waals surface area contributed by atoms with E-state index in [1.165, 1.54) is 0 Å². The van der Waals surface area contributed by atoms with Crippen LogP contribution < -0.4 is 19.7 Å². The first-order chi connectivity index (χ1) is 16.7. The van der Waals surface area contributed by atoms with Crippen molar-refractivity contribution in [3.8, 4) is 11.5 Å². The summed E-state index contributed by atoms with van der Waals surface area (Å²) in [5, 5.41) is 3.95. The number of anilines is 2. The standard InChI is InChI=1S/C26H30N4O3S/c1-3-32-20-10-11-23(33-4-2)22(18-20)29-25(31)19-12-16-30(17-13-19)24-26(28-15-14-27-24)34-21-8-6-5-7-9-21/h5-11,14-15,18-19H,3-4,12-13,16-17H2,1-2H3,(H,29,31). The third-order valence-electron chi connectivity index (χ3n) is 5.59. The van der Waals surface area contributed by atoms with Crippen LogP contribution in [0.25, 0.3) is 0 Å². The van der Waals surface area contributed by atoms with Crippen molar-refractivity contribution < 1.29 is 14.3 Å². The Morgan fingerprint density at radius 2 is 1.76 bits per heavy atom. The molecular formula is C26H30N4O3S. The molecule has 7 nitrogen and oxygen atoms in total. The SMILES string of the molecule is CCOc1ccc(OCC)c(NC(=O)C2CCN(c3nccnc3Sc3ccccc3)CC2)c1. The lowest BCUT2D eigenvalue weighted by Gasteiger charge is -2.32. The normalized spacial score (nSPS) is 14.0. The summed E-state index contributed by atoms with van der Waals surface area (Å²) in [5.41, 5.74) is 0.649. The molecule has 0 spiro atoms. The van der Waals surface area contributed by atoms with Gasteiger partial charge in [0.05, 0.1) is 18.9 Å². The van der Waals surface area contributed by atoms with Gasteiger partial charge < -0.3 is 19.7 Å². The number of aromatic nitrogens is 2. The van der Waals surface area contributed by atoms with E-state index in [2.05, 4.69) is 32.3 Å². The largest absolute Gasteiger partial charge is 0.494 e. The molecular weight excluding hydrogens is 448 g/mol. The number of carbonyl (C=O) groups excluding carboxylic acids is 1. The first kappa shape index (κ1) is 23.9. The maximum atomic E-state index is 13.1. The van der Waals surface area contributed by atoms with Crippen molar-refractivity contribution in [2.75, 3.05) is 36.5 Å². The average molecular weight is 479 g/mol. The summed E-state index contributed by atoms with van der Waals surface area (Å²) in [4.78, 5) is 25.6. The number of piperidine rings is 1. The van der Waals surface area contributed by atoms with Crippen LogP contribution >= 0.6 is 11.8 Å². The Morgan fingerprint density at radius 1 is 1.03 bits per heavy atom. The van der Waals surface area contributed by atoms with Gasteiger partial charge in [-0.3, -0.25) is 4.79 Å². The topological polar surface area (TPSA) is 76.6 Å². The van der Waals surface area contributed by atoms with Crippen molar-refractivity contribution in [3.63, 3.8) is 0 Å². The fourth-order valence-electron chi connectivity index (χ4n) is 3.94. The summed E-state index contributed by atoms with van der Waals surface area (Å²) >= 11 is 1.61. The molecule has 1 aliphatic heterocycles. The molecule has 1 N–H and O–H groups in total. The highest BCUT2D eigenvalue weighted by molar-refractivity contribution is 7.99. The summed E-state index contributed by atoms with van der Waals surface area (Å²) in [6, 6.07) is 15.7. The Balaban J connectivity index is 1.40. The van der Waals surface area contributed by atoms with Gasteiger partial charge in [-0.25, -0.2) is 9.97 Å².